The maximum absolute atomic E-state index is 13.5. The molecule has 0 aliphatic heterocycles. The van der Waals surface area contributed by atoms with Crippen molar-refractivity contribution in [2.75, 3.05) is 19.8 Å². The monoisotopic (exact) mass is 497 g/mol. The van der Waals surface area contributed by atoms with Crippen LogP contribution in [-0.2, 0) is 28.1 Å². The first-order chi connectivity index (χ1) is 14.8. The van der Waals surface area contributed by atoms with Crippen molar-refractivity contribution < 1.29 is 41.9 Å². The zero-order valence-electron chi connectivity index (χ0n) is 17.5. The Bertz CT molecular complexity index is 932. The van der Waals surface area contributed by atoms with Crippen LogP contribution in [0.1, 0.15) is 33.7 Å². The predicted molar refractivity (Wildman–Crippen MR) is 115 cm³/mol. The van der Waals surface area contributed by atoms with Crippen molar-refractivity contribution in [3.63, 3.8) is 0 Å². The van der Waals surface area contributed by atoms with E-state index in [2.05, 4.69) is 4.52 Å². The Hall–Kier alpha value is -1.46. The number of rotatable bonds is 12. The minimum absolute atomic E-state index is 0.0304. The summed E-state index contributed by atoms with van der Waals surface area (Å²) >= 11 is 1.64. The van der Waals surface area contributed by atoms with Crippen LogP contribution in [0.25, 0.3) is 0 Å². The number of nitrogens with two attached hydrogens (primary N) is 1. The summed E-state index contributed by atoms with van der Waals surface area (Å²) in [6.07, 6.45) is -3.36. The van der Waals surface area contributed by atoms with E-state index < -0.39 is 38.3 Å². The van der Waals surface area contributed by atoms with E-state index >= 15 is 0 Å². The number of aliphatic hydroxyl groups excluding tert-OH is 1. The van der Waals surface area contributed by atoms with Crippen LogP contribution in [0.15, 0.2) is 30.3 Å². The van der Waals surface area contributed by atoms with Crippen LogP contribution in [-0.4, -0.2) is 40.3 Å². The summed E-state index contributed by atoms with van der Waals surface area (Å²) < 4.78 is 61.2. The second-order valence-corrected chi connectivity index (χ2v) is 10.2. The predicted octanol–water partition coefficient (Wildman–Crippen LogP) is 3.82. The summed E-state index contributed by atoms with van der Waals surface area (Å²) in [5, 5.41) is 9.44. The SMILES string of the molecule is Cc1ccc(CCCOc2ccc(CCC(N)(CO)COP(=O)(O)O)cc2C(F)(F)F)s1. The summed E-state index contributed by atoms with van der Waals surface area (Å²) in [6, 6.07) is 7.66. The number of phosphoric ester groups is 1. The van der Waals surface area contributed by atoms with Gasteiger partial charge in [-0.25, -0.2) is 4.57 Å². The number of benzene rings is 1. The van der Waals surface area contributed by atoms with Gasteiger partial charge in [-0.05, 0) is 62.4 Å². The highest BCUT2D eigenvalue weighted by Crippen LogP contribution is 2.38. The smallest absolute Gasteiger partial charge is 0.469 e. The van der Waals surface area contributed by atoms with Crippen molar-refractivity contribution in [2.24, 2.45) is 5.73 Å². The molecular weight excluding hydrogens is 470 g/mol. The van der Waals surface area contributed by atoms with Gasteiger partial charge in [0.2, 0.25) is 0 Å². The Morgan fingerprint density at radius 2 is 1.88 bits per heavy atom. The van der Waals surface area contributed by atoms with Crippen LogP contribution in [0.2, 0.25) is 0 Å². The molecule has 2 aromatic rings. The van der Waals surface area contributed by atoms with Crippen LogP contribution in [0.4, 0.5) is 13.2 Å². The Balaban J connectivity index is 2.01. The fourth-order valence-electron chi connectivity index (χ4n) is 2.93. The fourth-order valence-corrected chi connectivity index (χ4v) is 4.29. The largest absolute Gasteiger partial charge is 0.493 e. The summed E-state index contributed by atoms with van der Waals surface area (Å²) in [7, 11) is -4.80. The second kappa shape index (κ2) is 11.1. The lowest BCUT2D eigenvalue weighted by Crippen LogP contribution is -2.48. The number of hydrogen-bond donors (Lipinski definition) is 4. The molecule has 0 amide bonds. The lowest BCUT2D eigenvalue weighted by Gasteiger charge is -2.27. The normalized spacial score (nSPS) is 14.4. The van der Waals surface area contributed by atoms with Crippen LogP contribution in [0, 0.1) is 6.92 Å². The molecule has 1 aromatic heterocycles. The quantitative estimate of drug-likeness (QED) is 0.260. The maximum atomic E-state index is 13.5. The molecule has 1 unspecified atom stereocenters. The summed E-state index contributed by atoms with van der Waals surface area (Å²) in [5.41, 5.74) is 3.73. The maximum Gasteiger partial charge on any atom is 0.469 e. The highest BCUT2D eigenvalue weighted by molar-refractivity contribution is 7.46. The number of ether oxygens (including phenoxy) is 1. The van der Waals surface area contributed by atoms with Gasteiger partial charge in [0, 0.05) is 9.75 Å². The number of hydrogen-bond acceptors (Lipinski definition) is 6. The fraction of sp³-hybridized carbons (Fsp3) is 0.500. The summed E-state index contributed by atoms with van der Waals surface area (Å²) in [4.78, 5) is 19.9. The average Bonchev–Trinajstić information content (AvgIpc) is 3.12. The molecular formula is C20H27F3NO6PS. The van der Waals surface area contributed by atoms with Crippen molar-refractivity contribution in [1.29, 1.82) is 0 Å². The molecule has 0 bridgehead atoms. The van der Waals surface area contributed by atoms with Crippen LogP contribution in [0.3, 0.4) is 0 Å². The first-order valence-corrected chi connectivity index (χ1v) is 12.1. The number of thiophene rings is 1. The molecule has 0 saturated carbocycles. The minimum Gasteiger partial charge on any atom is -0.493 e. The van der Waals surface area contributed by atoms with E-state index in [1.165, 1.54) is 17.0 Å². The van der Waals surface area contributed by atoms with E-state index in [4.69, 9.17) is 20.3 Å². The lowest BCUT2D eigenvalue weighted by atomic mass is 9.93. The molecule has 180 valence electrons. The standard InChI is InChI=1S/C20H27F3NO6PS/c1-14-4-6-16(32-14)3-2-10-29-18-7-5-15(11-17(18)20(21,22)23)8-9-19(24,12-25)13-30-31(26,27)28/h4-7,11,25H,2-3,8-10,12-13,24H2,1H3,(H2,26,27,28). The van der Waals surface area contributed by atoms with E-state index in [9.17, 15) is 22.8 Å². The van der Waals surface area contributed by atoms with E-state index in [1.54, 1.807) is 11.3 Å². The second-order valence-electron chi connectivity index (χ2n) is 7.58. The molecule has 32 heavy (non-hydrogen) atoms. The van der Waals surface area contributed by atoms with Gasteiger partial charge in [-0.3, -0.25) is 4.52 Å². The van der Waals surface area contributed by atoms with Gasteiger partial charge in [0.25, 0.3) is 0 Å². The first-order valence-electron chi connectivity index (χ1n) is 9.79. The van der Waals surface area contributed by atoms with Gasteiger partial charge in [0.05, 0.1) is 30.9 Å². The van der Waals surface area contributed by atoms with E-state index in [0.29, 0.717) is 12.8 Å². The molecule has 7 nitrogen and oxygen atoms in total. The van der Waals surface area contributed by atoms with Crippen molar-refractivity contribution in [1.82, 2.24) is 0 Å². The van der Waals surface area contributed by atoms with Crippen LogP contribution < -0.4 is 10.5 Å². The summed E-state index contributed by atoms with van der Waals surface area (Å²) in [5.74, 6) is -0.269. The van der Waals surface area contributed by atoms with Gasteiger partial charge in [-0.15, -0.1) is 11.3 Å². The van der Waals surface area contributed by atoms with Crippen molar-refractivity contribution in [2.45, 2.75) is 44.3 Å². The molecule has 0 radical (unpaired) electrons. The number of halogens is 3. The van der Waals surface area contributed by atoms with Crippen molar-refractivity contribution in [3.05, 3.63) is 51.2 Å². The highest BCUT2D eigenvalue weighted by atomic mass is 32.1. The number of alkyl halides is 3. The third-order valence-electron chi connectivity index (χ3n) is 4.72. The zero-order chi connectivity index (χ0) is 24.0. The molecule has 5 N–H and O–H groups in total. The molecule has 1 atom stereocenters. The number of phosphoric acid groups is 1. The van der Waals surface area contributed by atoms with Gasteiger partial charge >= 0.3 is 14.0 Å². The first kappa shape index (κ1) is 26.8. The topological polar surface area (TPSA) is 122 Å². The summed E-state index contributed by atoms with van der Waals surface area (Å²) in [6.45, 7) is 0.812. The minimum atomic E-state index is -4.80. The number of aryl methyl sites for hydroxylation is 3. The van der Waals surface area contributed by atoms with Crippen LogP contribution >= 0.6 is 19.2 Å². The molecule has 0 aliphatic rings. The Labute approximate surface area is 188 Å². The number of aliphatic hydroxyl groups is 1. The van der Waals surface area contributed by atoms with E-state index in [0.717, 1.165) is 10.9 Å². The average molecular weight is 497 g/mol. The third-order valence-corrected chi connectivity index (χ3v) is 6.24. The molecule has 0 fully saturated rings. The molecule has 0 saturated heterocycles. The van der Waals surface area contributed by atoms with Gasteiger partial charge < -0.3 is 25.4 Å². The highest BCUT2D eigenvalue weighted by Gasteiger charge is 2.35. The van der Waals surface area contributed by atoms with E-state index in [1.807, 2.05) is 19.1 Å². The van der Waals surface area contributed by atoms with E-state index in [-0.39, 0.29) is 30.8 Å². The van der Waals surface area contributed by atoms with Gasteiger partial charge in [0.15, 0.2) is 0 Å². The van der Waals surface area contributed by atoms with Gasteiger partial charge in [-0.2, -0.15) is 13.2 Å². The van der Waals surface area contributed by atoms with Crippen molar-refractivity contribution >= 4 is 19.2 Å². The molecule has 0 aliphatic carbocycles. The zero-order valence-corrected chi connectivity index (χ0v) is 19.2. The Morgan fingerprint density at radius 3 is 2.44 bits per heavy atom. The Kier molecular flexibility index (Phi) is 9.30. The molecule has 0 spiro atoms. The van der Waals surface area contributed by atoms with Gasteiger partial charge in [0.1, 0.15) is 5.75 Å². The van der Waals surface area contributed by atoms with Gasteiger partial charge in [-0.1, -0.05) is 6.07 Å². The molecule has 1 aromatic carbocycles. The van der Waals surface area contributed by atoms with Crippen LogP contribution in [0.5, 0.6) is 5.75 Å². The Morgan fingerprint density at radius 1 is 1.16 bits per heavy atom. The molecule has 2 rings (SSSR count). The van der Waals surface area contributed by atoms with Crippen molar-refractivity contribution in [3.8, 4) is 5.75 Å². The lowest BCUT2D eigenvalue weighted by molar-refractivity contribution is -0.139. The molecule has 1 heterocycles. The molecule has 12 heteroatoms. The third kappa shape index (κ3) is 8.82.